The van der Waals surface area contributed by atoms with Gasteiger partial charge in [0.25, 0.3) is 0 Å². The van der Waals surface area contributed by atoms with Crippen LogP contribution < -0.4 is 5.56 Å². The Morgan fingerprint density at radius 3 is 2.53 bits per heavy atom. The zero-order chi connectivity index (χ0) is 13.2. The lowest BCUT2D eigenvalue weighted by molar-refractivity contribution is 1.30. The van der Waals surface area contributed by atoms with Crippen LogP contribution in [-0.4, -0.2) is 4.98 Å². The van der Waals surface area contributed by atoms with Gasteiger partial charge in [0.15, 0.2) is 0 Å². The maximum atomic E-state index is 11.7. The van der Waals surface area contributed by atoms with Crippen molar-refractivity contribution in [3.8, 4) is 17.2 Å². The molecule has 1 heterocycles. The SMILES string of the molecule is N#Cc1ccc2[nH]c(=O)cc(-c3ccccc3)c2c1. The highest BCUT2D eigenvalue weighted by Crippen LogP contribution is 2.26. The number of rotatable bonds is 1. The van der Waals surface area contributed by atoms with Gasteiger partial charge in [0.05, 0.1) is 11.6 Å². The summed E-state index contributed by atoms with van der Waals surface area (Å²) in [6.07, 6.45) is 0. The summed E-state index contributed by atoms with van der Waals surface area (Å²) >= 11 is 0. The van der Waals surface area contributed by atoms with E-state index in [2.05, 4.69) is 11.1 Å². The fourth-order valence-corrected chi connectivity index (χ4v) is 2.18. The van der Waals surface area contributed by atoms with E-state index in [0.717, 1.165) is 22.0 Å². The maximum absolute atomic E-state index is 11.7. The lowest BCUT2D eigenvalue weighted by Crippen LogP contribution is -2.04. The number of aromatic amines is 1. The lowest BCUT2D eigenvalue weighted by Gasteiger charge is -2.06. The number of pyridine rings is 1. The molecular formula is C16H10N2O. The van der Waals surface area contributed by atoms with Crippen molar-refractivity contribution in [2.45, 2.75) is 0 Å². The molecule has 90 valence electrons. The Labute approximate surface area is 109 Å². The van der Waals surface area contributed by atoms with Crippen molar-refractivity contribution in [2.75, 3.05) is 0 Å². The van der Waals surface area contributed by atoms with E-state index >= 15 is 0 Å². The van der Waals surface area contributed by atoms with Crippen LogP contribution in [0.2, 0.25) is 0 Å². The number of nitriles is 1. The number of hydrogen-bond acceptors (Lipinski definition) is 2. The second-order valence-corrected chi connectivity index (χ2v) is 4.29. The van der Waals surface area contributed by atoms with Gasteiger partial charge in [-0.2, -0.15) is 5.26 Å². The molecule has 3 rings (SSSR count). The molecule has 3 aromatic rings. The summed E-state index contributed by atoms with van der Waals surface area (Å²) in [5, 5.41) is 9.87. The standard InChI is InChI=1S/C16H10N2O/c17-10-11-6-7-15-14(8-11)13(9-16(19)18-15)12-4-2-1-3-5-12/h1-9H,(H,18,19). The van der Waals surface area contributed by atoms with Gasteiger partial charge >= 0.3 is 0 Å². The zero-order valence-corrected chi connectivity index (χ0v) is 10.1. The number of nitrogens with one attached hydrogen (secondary N) is 1. The van der Waals surface area contributed by atoms with E-state index in [9.17, 15) is 4.79 Å². The number of benzene rings is 2. The summed E-state index contributed by atoms with van der Waals surface area (Å²) < 4.78 is 0. The molecule has 0 saturated heterocycles. The zero-order valence-electron chi connectivity index (χ0n) is 10.1. The van der Waals surface area contributed by atoms with Gasteiger partial charge < -0.3 is 4.98 Å². The van der Waals surface area contributed by atoms with Gasteiger partial charge in [-0.25, -0.2) is 0 Å². The van der Waals surface area contributed by atoms with Crippen LogP contribution in [0.25, 0.3) is 22.0 Å². The van der Waals surface area contributed by atoms with Crippen LogP contribution in [0.4, 0.5) is 0 Å². The number of H-pyrrole nitrogens is 1. The van der Waals surface area contributed by atoms with Crippen molar-refractivity contribution in [3.63, 3.8) is 0 Å². The van der Waals surface area contributed by atoms with Crippen LogP contribution in [0.3, 0.4) is 0 Å². The van der Waals surface area contributed by atoms with E-state index in [0.29, 0.717) is 5.56 Å². The Morgan fingerprint density at radius 2 is 1.79 bits per heavy atom. The van der Waals surface area contributed by atoms with Crippen molar-refractivity contribution >= 4 is 10.9 Å². The first-order valence-electron chi connectivity index (χ1n) is 5.90. The average Bonchev–Trinajstić information content (AvgIpc) is 2.47. The smallest absolute Gasteiger partial charge is 0.249 e. The molecule has 0 aliphatic rings. The normalized spacial score (nSPS) is 10.3. The predicted octanol–water partition coefficient (Wildman–Crippen LogP) is 3.07. The van der Waals surface area contributed by atoms with E-state index < -0.39 is 0 Å². The molecule has 1 aromatic heterocycles. The molecule has 0 bridgehead atoms. The quantitative estimate of drug-likeness (QED) is 0.717. The van der Waals surface area contributed by atoms with Crippen molar-refractivity contribution in [1.82, 2.24) is 4.98 Å². The van der Waals surface area contributed by atoms with Gasteiger partial charge in [-0.1, -0.05) is 30.3 Å². The summed E-state index contributed by atoms with van der Waals surface area (Å²) in [6.45, 7) is 0. The van der Waals surface area contributed by atoms with Crippen molar-refractivity contribution in [2.24, 2.45) is 0 Å². The number of nitrogens with zero attached hydrogens (tertiary/aromatic N) is 1. The van der Waals surface area contributed by atoms with Crippen LogP contribution in [0, 0.1) is 11.3 Å². The molecule has 0 amide bonds. The highest BCUT2D eigenvalue weighted by atomic mass is 16.1. The third-order valence-corrected chi connectivity index (χ3v) is 3.06. The average molecular weight is 246 g/mol. The fraction of sp³-hybridized carbons (Fsp3) is 0. The topological polar surface area (TPSA) is 56.6 Å². The Hall–Kier alpha value is -2.86. The van der Waals surface area contributed by atoms with Crippen LogP contribution in [-0.2, 0) is 0 Å². The molecule has 0 spiro atoms. The highest BCUT2D eigenvalue weighted by Gasteiger charge is 2.06. The Bertz CT molecular complexity index is 842. The van der Waals surface area contributed by atoms with Gasteiger partial charge in [-0.05, 0) is 29.3 Å². The van der Waals surface area contributed by atoms with Crippen molar-refractivity contribution < 1.29 is 0 Å². The van der Waals surface area contributed by atoms with Crippen LogP contribution in [0.5, 0.6) is 0 Å². The molecule has 0 aliphatic heterocycles. The first kappa shape index (κ1) is 11.2. The molecule has 3 heteroatoms. The lowest BCUT2D eigenvalue weighted by atomic mass is 10.00. The molecule has 0 radical (unpaired) electrons. The molecule has 0 aliphatic carbocycles. The number of aromatic nitrogens is 1. The summed E-state index contributed by atoms with van der Waals surface area (Å²) in [6, 6.07) is 18.6. The largest absolute Gasteiger partial charge is 0.322 e. The molecule has 0 atom stereocenters. The minimum absolute atomic E-state index is 0.143. The fourth-order valence-electron chi connectivity index (χ4n) is 2.18. The van der Waals surface area contributed by atoms with Crippen molar-refractivity contribution in [3.05, 3.63) is 70.5 Å². The molecule has 2 aromatic carbocycles. The van der Waals surface area contributed by atoms with Gasteiger partial charge in [-0.15, -0.1) is 0 Å². The van der Waals surface area contributed by atoms with Gasteiger partial charge in [-0.3, -0.25) is 4.79 Å². The van der Waals surface area contributed by atoms with Crippen LogP contribution in [0.15, 0.2) is 59.4 Å². The van der Waals surface area contributed by atoms with E-state index in [4.69, 9.17) is 5.26 Å². The predicted molar refractivity (Wildman–Crippen MR) is 74.7 cm³/mol. The molecule has 1 N–H and O–H groups in total. The first-order valence-corrected chi connectivity index (χ1v) is 5.90. The summed E-state index contributed by atoms with van der Waals surface area (Å²) in [7, 11) is 0. The monoisotopic (exact) mass is 246 g/mol. The maximum Gasteiger partial charge on any atom is 0.249 e. The summed E-state index contributed by atoms with van der Waals surface area (Å²) in [4.78, 5) is 14.5. The van der Waals surface area contributed by atoms with E-state index in [1.165, 1.54) is 0 Å². The van der Waals surface area contributed by atoms with Crippen LogP contribution in [0.1, 0.15) is 5.56 Å². The molecule has 0 saturated carbocycles. The molecule has 0 unspecified atom stereocenters. The molecular weight excluding hydrogens is 236 g/mol. The minimum atomic E-state index is -0.143. The van der Waals surface area contributed by atoms with Crippen molar-refractivity contribution in [1.29, 1.82) is 5.26 Å². The summed E-state index contributed by atoms with van der Waals surface area (Å²) in [5.41, 5.74) is 2.99. The molecule has 3 nitrogen and oxygen atoms in total. The van der Waals surface area contributed by atoms with Gasteiger partial charge in [0, 0.05) is 17.0 Å². The Morgan fingerprint density at radius 1 is 1.00 bits per heavy atom. The first-order chi connectivity index (χ1) is 9.28. The highest BCUT2D eigenvalue weighted by molar-refractivity contribution is 5.94. The third-order valence-electron chi connectivity index (χ3n) is 3.06. The summed E-state index contributed by atoms with van der Waals surface area (Å²) in [5.74, 6) is 0. The Balaban J connectivity index is 2.40. The number of hydrogen-bond donors (Lipinski definition) is 1. The van der Waals surface area contributed by atoms with E-state index in [-0.39, 0.29) is 5.56 Å². The van der Waals surface area contributed by atoms with E-state index in [1.54, 1.807) is 24.3 Å². The second kappa shape index (κ2) is 4.43. The second-order valence-electron chi connectivity index (χ2n) is 4.29. The van der Waals surface area contributed by atoms with E-state index in [1.807, 2.05) is 30.3 Å². The molecule has 0 fully saturated rings. The Kier molecular flexibility index (Phi) is 2.62. The molecule has 19 heavy (non-hydrogen) atoms. The van der Waals surface area contributed by atoms with Gasteiger partial charge in [0.1, 0.15) is 0 Å². The third kappa shape index (κ3) is 2.00. The van der Waals surface area contributed by atoms with Crippen LogP contribution >= 0.6 is 0 Å². The number of fused-ring (bicyclic) bond motifs is 1. The van der Waals surface area contributed by atoms with Gasteiger partial charge in [0.2, 0.25) is 5.56 Å². The minimum Gasteiger partial charge on any atom is -0.322 e.